The SMILES string of the molecule is CC(C)N(Cc1ccccc1)c1nccc(Nc2cccc(Cl)c2)n1. The summed E-state index contributed by atoms with van der Waals surface area (Å²) in [5.41, 5.74) is 2.13. The van der Waals surface area contributed by atoms with Crippen LogP contribution in [-0.2, 0) is 6.54 Å². The minimum absolute atomic E-state index is 0.279. The number of aromatic nitrogens is 2. The molecule has 0 saturated carbocycles. The maximum Gasteiger partial charge on any atom is 0.227 e. The molecule has 1 N–H and O–H groups in total. The Morgan fingerprint density at radius 2 is 1.84 bits per heavy atom. The first-order valence-electron chi connectivity index (χ1n) is 8.28. The van der Waals surface area contributed by atoms with E-state index in [-0.39, 0.29) is 6.04 Å². The van der Waals surface area contributed by atoms with Gasteiger partial charge >= 0.3 is 0 Å². The molecule has 128 valence electrons. The van der Waals surface area contributed by atoms with Gasteiger partial charge in [-0.15, -0.1) is 0 Å². The van der Waals surface area contributed by atoms with Gasteiger partial charge in [0.15, 0.2) is 0 Å². The second-order valence-corrected chi connectivity index (χ2v) is 6.52. The summed E-state index contributed by atoms with van der Waals surface area (Å²) in [6.45, 7) is 5.05. The molecule has 0 aliphatic rings. The fraction of sp³-hybridized carbons (Fsp3) is 0.200. The van der Waals surface area contributed by atoms with Crippen molar-refractivity contribution < 1.29 is 0 Å². The number of hydrogen-bond donors (Lipinski definition) is 1. The van der Waals surface area contributed by atoms with Crippen LogP contribution < -0.4 is 10.2 Å². The molecule has 3 aromatic rings. The number of hydrogen-bond acceptors (Lipinski definition) is 4. The zero-order valence-electron chi connectivity index (χ0n) is 14.4. The highest BCUT2D eigenvalue weighted by atomic mass is 35.5. The van der Waals surface area contributed by atoms with Crippen molar-refractivity contribution in [2.45, 2.75) is 26.4 Å². The topological polar surface area (TPSA) is 41.1 Å². The first-order chi connectivity index (χ1) is 12.1. The lowest BCUT2D eigenvalue weighted by Crippen LogP contribution is -2.31. The summed E-state index contributed by atoms with van der Waals surface area (Å²) < 4.78 is 0. The quantitative estimate of drug-likeness (QED) is 0.654. The summed E-state index contributed by atoms with van der Waals surface area (Å²) in [5, 5.41) is 3.97. The highest BCUT2D eigenvalue weighted by Crippen LogP contribution is 2.21. The van der Waals surface area contributed by atoms with E-state index in [2.05, 4.69) is 46.2 Å². The maximum absolute atomic E-state index is 6.04. The third kappa shape index (κ3) is 4.70. The first-order valence-corrected chi connectivity index (χ1v) is 8.66. The average molecular weight is 353 g/mol. The van der Waals surface area contributed by atoms with Crippen LogP contribution in [0.25, 0.3) is 0 Å². The normalized spacial score (nSPS) is 10.7. The van der Waals surface area contributed by atoms with Crippen molar-refractivity contribution in [3.8, 4) is 0 Å². The molecule has 5 heteroatoms. The Balaban J connectivity index is 1.82. The molecule has 4 nitrogen and oxygen atoms in total. The largest absolute Gasteiger partial charge is 0.340 e. The van der Waals surface area contributed by atoms with E-state index in [0.717, 1.165) is 18.1 Å². The van der Waals surface area contributed by atoms with Crippen LogP contribution in [0.2, 0.25) is 5.02 Å². The summed E-state index contributed by atoms with van der Waals surface area (Å²) in [5.74, 6) is 1.44. The van der Waals surface area contributed by atoms with Crippen LogP contribution in [0, 0.1) is 0 Å². The number of nitrogens with one attached hydrogen (secondary N) is 1. The van der Waals surface area contributed by atoms with Gasteiger partial charge in [0.25, 0.3) is 0 Å². The van der Waals surface area contributed by atoms with Gasteiger partial charge in [-0.3, -0.25) is 0 Å². The highest BCUT2D eigenvalue weighted by molar-refractivity contribution is 6.30. The number of nitrogens with zero attached hydrogens (tertiary/aromatic N) is 3. The highest BCUT2D eigenvalue weighted by Gasteiger charge is 2.14. The third-order valence-electron chi connectivity index (χ3n) is 3.82. The van der Waals surface area contributed by atoms with Crippen LogP contribution in [0.3, 0.4) is 0 Å². The van der Waals surface area contributed by atoms with Gasteiger partial charge in [-0.05, 0) is 43.7 Å². The fourth-order valence-electron chi connectivity index (χ4n) is 2.53. The van der Waals surface area contributed by atoms with Crippen molar-refractivity contribution in [3.05, 3.63) is 77.4 Å². The van der Waals surface area contributed by atoms with Gasteiger partial charge < -0.3 is 10.2 Å². The zero-order chi connectivity index (χ0) is 17.6. The van der Waals surface area contributed by atoms with Gasteiger partial charge in [-0.25, -0.2) is 4.98 Å². The van der Waals surface area contributed by atoms with E-state index in [9.17, 15) is 0 Å². The van der Waals surface area contributed by atoms with Crippen LogP contribution in [0.1, 0.15) is 19.4 Å². The molecule has 2 aromatic carbocycles. The Morgan fingerprint density at radius 3 is 2.56 bits per heavy atom. The van der Waals surface area contributed by atoms with E-state index in [1.807, 2.05) is 48.5 Å². The Labute approximate surface area is 153 Å². The summed E-state index contributed by atoms with van der Waals surface area (Å²) in [4.78, 5) is 11.3. The van der Waals surface area contributed by atoms with Gasteiger partial charge in [0.05, 0.1) is 0 Å². The predicted octanol–water partition coefficient (Wildman–Crippen LogP) is 5.29. The van der Waals surface area contributed by atoms with Crippen molar-refractivity contribution in [1.82, 2.24) is 9.97 Å². The molecule has 0 radical (unpaired) electrons. The zero-order valence-corrected chi connectivity index (χ0v) is 15.1. The smallest absolute Gasteiger partial charge is 0.227 e. The van der Waals surface area contributed by atoms with Crippen LogP contribution in [-0.4, -0.2) is 16.0 Å². The fourth-order valence-corrected chi connectivity index (χ4v) is 2.73. The van der Waals surface area contributed by atoms with Crippen LogP contribution >= 0.6 is 11.6 Å². The summed E-state index contributed by atoms with van der Waals surface area (Å²) in [6.07, 6.45) is 1.77. The molecule has 0 fully saturated rings. The van der Waals surface area contributed by atoms with E-state index in [1.54, 1.807) is 6.20 Å². The first kappa shape index (κ1) is 17.2. The van der Waals surface area contributed by atoms with Crippen LogP contribution in [0.15, 0.2) is 66.9 Å². The van der Waals surface area contributed by atoms with Gasteiger partial charge in [0.2, 0.25) is 5.95 Å². The Bertz CT molecular complexity index is 821. The van der Waals surface area contributed by atoms with Crippen molar-refractivity contribution in [2.75, 3.05) is 10.2 Å². The van der Waals surface area contributed by atoms with Crippen molar-refractivity contribution >= 4 is 29.1 Å². The average Bonchev–Trinajstić information content (AvgIpc) is 2.60. The number of benzene rings is 2. The van der Waals surface area contributed by atoms with Crippen molar-refractivity contribution in [1.29, 1.82) is 0 Å². The molecule has 0 atom stereocenters. The lowest BCUT2D eigenvalue weighted by atomic mass is 10.2. The predicted molar refractivity (Wildman–Crippen MR) is 105 cm³/mol. The molecule has 0 amide bonds. The van der Waals surface area contributed by atoms with Crippen molar-refractivity contribution in [2.24, 2.45) is 0 Å². The lowest BCUT2D eigenvalue weighted by Gasteiger charge is -2.27. The van der Waals surface area contributed by atoms with Gasteiger partial charge in [0.1, 0.15) is 5.82 Å². The van der Waals surface area contributed by atoms with Gasteiger partial charge in [-0.2, -0.15) is 4.98 Å². The van der Waals surface area contributed by atoms with E-state index in [0.29, 0.717) is 11.0 Å². The number of rotatable bonds is 6. The van der Waals surface area contributed by atoms with Crippen LogP contribution in [0.5, 0.6) is 0 Å². The molecule has 0 unspecified atom stereocenters. The third-order valence-corrected chi connectivity index (χ3v) is 4.05. The Morgan fingerprint density at radius 1 is 1.04 bits per heavy atom. The summed E-state index contributed by atoms with van der Waals surface area (Å²) in [6, 6.07) is 20.1. The molecule has 1 aromatic heterocycles. The number of halogens is 1. The van der Waals surface area contributed by atoms with E-state index in [4.69, 9.17) is 11.6 Å². The minimum Gasteiger partial charge on any atom is -0.340 e. The van der Waals surface area contributed by atoms with E-state index in [1.165, 1.54) is 5.56 Å². The molecule has 0 spiro atoms. The second kappa shape index (κ2) is 7.99. The van der Waals surface area contributed by atoms with E-state index < -0.39 is 0 Å². The molecular formula is C20H21ClN4. The summed E-state index contributed by atoms with van der Waals surface area (Å²) in [7, 11) is 0. The number of anilines is 3. The molecule has 1 heterocycles. The lowest BCUT2D eigenvalue weighted by molar-refractivity contribution is 0.661. The Kier molecular flexibility index (Phi) is 5.51. The minimum atomic E-state index is 0.279. The van der Waals surface area contributed by atoms with E-state index >= 15 is 0 Å². The Hall–Kier alpha value is -2.59. The summed E-state index contributed by atoms with van der Waals surface area (Å²) >= 11 is 6.04. The molecule has 0 aliphatic carbocycles. The maximum atomic E-state index is 6.04. The molecule has 0 aliphatic heterocycles. The standard InChI is InChI=1S/C20H21ClN4/c1-15(2)25(14-16-7-4-3-5-8-16)20-22-12-11-19(24-20)23-18-10-6-9-17(21)13-18/h3-13,15H,14H2,1-2H3,(H,22,23,24). The van der Waals surface area contributed by atoms with Gasteiger partial charge in [0, 0.05) is 29.5 Å². The van der Waals surface area contributed by atoms with Crippen molar-refractivity contribution in [3.63, 3.8) is 0 Å². The molecule has 0 bridgehead atoms. The molecule has 0 saturated heterocycles. The monoisotopic (exact) mass is 352 g/mol. The molecule has 25 heavy (non-hydrogen) atoms. The van der Waals surface area contributed by atoms with Gasteiger partial charge in [-0.1, -0.05) is 48.0 Å². The molecule has 3 rings (SSSR count). The second-order valence-electron chi connectivity index (χ2n) is 6.08. The van der Waals surface area contributed by atoms with Crippen LogP contribution in [0.4, 0.5) is 17.5 Å². The molecular weight excluding hydrogens is 332 g/mol.